The maximum Gasteiger partial charge on any atom is 0.340 e. The quantitative estimate of drug-likeness (QED) is 0.889. The maximum absolute atomic E-state index is 11.3. The van der Waals surface area contributed by atoms with Gasteiger partial charge in [0.05, 0.1) is 6.10 Å². The Morgan fingerprint density at radius 3 is 2.58 bits per heavy atom. The van der Waals surface area contributed by atoms with Crippen molar-refractivity contribution < 1.29 is 14.6 Å². The molecule has 1 aromatic rings. The summed E-state index contributed by atoms with van der Waals surface area (Å²) in [5.74, 6) is -0.495. The summed E-state index contributed by atoms with van der Waals surface area (Å²) >= 11 is 3.27. The highest BCUT2D eigenvalue weighted by molar-refractivity contribution is 9.10. The minimum absolute atomic E-state index is 0.125. The van der Waals surface area contributed by atoms with E-state index in [9.17, 15) is 9.90 Å². The molecule has 1 aromatic carbocycles. The topological polar surface area (TPSA) is 46.5 Å². The second kappa shape index (κ2) is 5.53. The normalized spacial score (nSPS) is 19.1. The van der Waals surface area contributed by atoms with Crippen LogP contribution in [0.4, 0.5) is 0 Å². The Kier molecular flexibility index (Phi) is 4.19. The Balaban J connectivity index is 2.12. The Labute approximate surface area is 122 Å². The van der Waals surface area contributed by atoms with E-state index in [0.29, 0.717) is 15.6 Å². The van der Waals surface area contributed by atoms with Crippen molar-refractivity contribution in [3.05, 3.63) is 28.2 Å². The van der Waals surface area contributed by atoms with Crippen molar-refractivity contribution in [2.45, 2.75) is 45.6 Å². The summed E-state index contributed by atoms with van der Waals surface area (Å²) in [6.07, 6.45) is 4.33. The standard InChI is InChI=1S/C15H19BrO3/c1-15(2)8-6-10(7-9-15)19-12-5-3-4-11(16)13(12)14(17)18/h3-5,10H,6-9H2,1-2H3,(H,17,18). The molecule has 0 amide bonds. The monoisotopic (exact) mass is 326 g/mol. The van der Waals surface area contributed by atoms with Gasteiger partial charge in [-0.2, -0.15) is 0 Å². The fourth-order valence-corrected chi connectivity index (χ4v) is 3.00. The number of hydrogen-bond acceptors (Lipinski definition) is 2. The molecule has 0 aromatic heterocycles. The molecular formula is C15H19BrO3. The molecule has 0 radical (unpaired) electrons. The second-order valence-corrected chi connectivity index (χ2v) is 6.75. The first-order valence-electron chi connectivity index (χ1n) is 6.57. The van der Waals surface area contributed by atoms with Gasteiger partial charge >= 0.3 is 5.97 Å². The van der Waals surface area contributed by atoms with E-state index in [0.717, 1.165) is 25.7 Å². The zero-order valence-corrected chi connectivity index (χ0v) is 12.9. The van der Waals surface area contributed by atoms with Crippen LogP contribution in [-0.2, 0) is 0 Å². The van der Waals surface area contributed by atoms with Gasteiger partial charge in [0.25, 0.3) is 0 Å². The van der Waals surface area contributed by atoms with Gasteiger partial charge in [0.2, 0.25) is 0 Å². The lowest BCUT2D eigenvalue weighted by molar-refractivity contribution is 0.0673. The summed E-state index contributed by atoms with van der Waals surface area (Å²) in [7, 11) is 0. The van der Waals surface area contributed by atoms with E-state index in [4.69, 9.17) is 4.74 Å². The van der Waals surface area contributed by atoms with Crippen molar-refractivity contribution in [1.82, 2.24) is 0 Å². The van der Waals surface area contributed by atoms with Crippen LogP contribution in [0.3, 0.4) is 0 Å². The van der Waals surface area contributed by atoms with Crippen molar-refractivity contribution in [3.63, 3.8) is 0 Å². The number of hydrogen-bond donors (Lipinski definition) is 1. The van der Waals surface area contributed by atoms with Gasteiger partial charge in [0.15, 0.2) is 0 Å². The van der Waals surface area contributed by atoms with Crippen molar-refractivity contribution >= 4 is 21.9 Å². The maximum atomic E-state index is 11.3. The average molecular weight is 327 g/mol. The molecule has 3 nitrogen and oxygen atoms in total. The molecule has 0 heterocycles. The summed E-state index contributed by atoms with van der Waals surface area (Å²) in [6, 6.07) is 5.26. The van der Waals surface area contributed by atoms with Crippen LogP contribution in [0.1, 0.15) is 49.9 Å². The average Bonchev–Trinajstić information content (AvgIpc) is 2.31. The molecule has 1 aliphatic carbocycles. The van der Waals surface area contributed by atoms with Gasteiger partial charge < -0.3 is 9.84 Å². The molecule has 0 spiro atoms. The first-order chi connectivity index (χ1) is 8.89. The van der Waals surface area contributed by atoms with Crippen LogP contribution in [0.5, 0.6) is 5.75 Å². The molecule has 2 rings (SSSR count). The van der Waals surface area contributed by atoms with E-state index in [1.807, 2.05) is 0 Å². The molecule has 1 N–H and O–H groups in total. The third-order valence-electron chi connectivity index (χ3n) is 3.77. The lowest BCUT2D eigenvalue weighted by Gasteiger charge is -2.34. The summed E-state index contributed by atoms with van der Waals surface area (Å²) in [6.45, 7) is 4.54. The lowest BCUT2D eigenvalue weighted by atomic mass is 9.76. The fraction of sp³-hybridized carbons (Fsp3) is 0.533. The Morgan fingerprint density at radius 2 is 2.00 bits per heavy atom. The fourth-order valence-electron chi connectivity index (χ4n) is 2.48. The number of carbonyl (C=O) groups is 1. The molecule has 0 unspecified atom stereocenters. The number of benzene rings is 1. The van der Waals surface area contributed by atoms with Crippen LogP contribution in [0.15, 0.2) is 22.7 Å². The van der Waals surface area contributed by atoms with Gasteiger partial charge in [-0.15, -0.1) is 0 Å². The number of carboxylic acids is 1. The predicted molar refractivity (Wildman–Crippen MR) is 77.8 cm³/mol. The highest BCUT2D eigenvalue weighted by atomic mass is 79.9. The van der Waals surface area contributed by atoms with Gasteiger partial charge in [-0.1, -0.05) is 19.9 Å². The number of ether oxygens (including phenoxy) is 1. The van der Waals surface area contributed by atoms with Gasteiger partial charge in [-0.05, 0) is 59.2 Å². The third kappa shape index (κ3) is 3.50. The molecule has 104 valence electrons. The summed E-state index contributed by atoms with van der Waals surface area (Å²) in [5.41, 5.74) is 0.597. The van der Waals surface area contributed by atoms with E-state index < -0.39 is 5.97 Å². The summed E-state index contributed by atoms with van der Waals surface area (Å²) < 4.78 is 6.47. The highest BCUT2D eigenvalue weighted by Gasteiger charge is 2.28. The molecule has 0 bridgehead atoms. The Morgan fingerprint density at radius 1 is 1.37 bits per heavy atom. The largest absolute Gasteiger partial charge is 0.489 e. The van der Waals surface area contributed by atoms with Crippen LogP contribution >= 0.6 is 15.9 Å². The van der Waals surface area contributed by atoms with Crippen LogP contribution in [0.2, 0.25) is 0 Å². The smallest absolute Gasteiger partial charge is 0.340 e. The second-order valence-electron chi connectivity index (χ2n) is 5.90. The molecule has 1 fully saturated rings. The molecular weight excluding hydrogens is 308 g/mol. The molecule has 0 saturated heterocycles. The Hall–Kier alpha value is -1.03. The summed E-state index contributed by atoms with van der Waals surface area (Å²) in [5, 5.41) is 9.25. The van der Waals surface area contributed by atoms with Crippen LogP contribution in [-0.4, -0.2) is 17.2 Å². The van der Waals surface area contributed by atoms with Gasteiger partial charge in [0.1, 0.15) is 11.3 Å². The molecule has 0 aliphatic heterocycles. The van der Waals surface area contributed by atoms with E-state index in [1.165, 1.54) is 0 Å². The van der Waals surface area contributed by atoms with Gasteiger partial charge in [0, 0.05) is 4.47 Å². The van der Waals surface area contributed by atoms with Crippen molar-refractivity contribution in [1.29, 1.82) is 0 Å². The highest BCUT2D eigenvalue weighted by Crippen LogP contribution is 2.37. The number of halogens is 1. The predicted octanol–water partition coefficient (Wildman–Crippen LogP) is 4.49. The minimum atomic E-state index is -0.960. The molecule has 1 aliphatic rings. The molecule has 4 heteroatoms. The van der Waals surface area contributed by atoms with Crippen LogP contribution in [0.25, 0.3) is 0 Å². The first-order valence-corrected chi connectivity index (χ1v) is 7.37. The Bertz CT molecular complexity index is 472. The van der Waals surface area contributed by atoms with E-state index in [1.54, 1.807) is 18.2 Å². The first kappa shape index (κ1) is 14.4. The van der Waals surface area contributed by atoms with Gasteiger partial charge in [-0.3, -0.25) is 0 Å². The summed E-state index contributed by atoms with van der Waals surface area (Å²) in [4.78, 5) is 11.3. The number of carboxylic acid groups (broad SMARTS) is 1. The SMILES string of the molecule is CC1(C)CCC(Oc2cccc(Br)c2C(=O)O)CC1. The molecule has 0 atom stereocenters. The van der Waals surface area contributed by atoms with Crippen molar-refractivity contribution in [2.24, 2.45) is 5.41 Å². The van der Waals surface area contributed by atoms with Crippen LogP contribution in [0, 0.1) is 5.41 Å². The molecule has 1 saturated carbocycles. The zero-order chi connectivity index (χ0) is 14.0. The number of aromatic carboxylic acids is 1. The van der Waals surface area contributed by atoms with E-state index >= 15 is 0 Å². The lowest BCUT2D eigenvalue weighted by Crippen LogP contribution is -2.28. The molecule has 19 heavy (non-hydrogen) atoms. The van der Waals surface area contributed by atoms with E-state index in [-0.39, 0.29) is 11.7 Å². The van der Waals surface area contributed by atoms with E-state index in [2.05, 4.69) is 29.8 Å². The van der Waals surface area contributed by atoms with Gasteiger partial charge in [-0.25, -0.2) is 4.79 Å². The van der Waals surface area contributed by atoms with Crippen molar-refractivity contribution in [2.75, 3.05) is 0 Å². The van der Waals surface area contributed by atoms with Crippen LogP contribution < -0.4 is 4.74 Å². The third-order valence-corrected chi connectivity index (χ3v) is 4.43. The van der Waals surface area contributed by atoms with Crippen molar-refractivity contribution in [3.8, 4) is 5.75 Å². The zero-order valence-electron chi connectivity index (χ0n) is 11.3. The number of rotatable bonds is 3. The minimum Gasteiger partial charge on any atom is -0.489 e.